The Bertz CT molecular complexity index is 711. The first kappa shape index (κ1) is 16.2. The van der Waals surface area contributed by atoms with Gasteiger partial charge < -0.3 is 14.8 Å². The molecule has 22 heavy (non-hydrogen) atoms. The fraction of sp³-hybridized carbons (Fsp3) is 0.267. The van der Waals surface area contributed by atoms with Crippen LogP contribution in [0.3, 0.4) is 0 Å². The molecule has 0 spiro atoms. The molecule has 1 aromatic heterocycles. The van der Waals surface area contributed by atoms with E-state index >= 15 is 0 Å². The van der Waals surface area contributed by atoms with Gasteiger partial charge in [0.05, 0.1) is 18.2 Å². The Morgan fingerprint density at radius 3 is 2.68 bits per heavy atom. The molecule has 0 bridgehead atoms. The second kappa shape index (κ2) is 6.74. The smallest absolute Gasteiger partial charge is 0.305 e. The van der Waals surface area contributed by atoms with Gasteiger partial charge in [0, 0.05) is 11.4 Å². The molecule has 7 heteroatoms. The highest BCUT2D eigenvalue weighted by molar-refractivity contribution is 9.10. The predicted molar refractivity (Wildman–Crippen MR) is 82.6 cm³/mol. The van der Waals surface area contributed by atoms with E-state index in [2.05, 4.69) is 26.2 Å². The average Bonchev–Trinajstić information content (AvgIpc) is 2.76. The highest BCUT2D eigenvalue weighted by Crippen LogP contribution is 2.22. The molecule has 1 unspecified atom stereocenters. The monoisotopic (exact) mass is 366 g/mol. The molecule has 6 nitrogen and oxygen atoms in total. The number of hydrogen-bond donors (Lipinski definition) is 2. The number of nitrogens with zero attached hydrogens (tertiary/aromatic N) is 1. The van der Waals surface area contributed by atoms with Gasteiger partial charge in [0.25, 0.3) is 5.91 Å². The number of aryl methyl sites for hydroxylation is 2. The van der Waals surface area contributed by atoms with Crippen LogP contribution in [0.25, 0.3) is 0 Å². The largest absolute Gasteiger partial charge is 0.481 e. The first-order chi connectivity index (χ1) is 10.4. The third-order valence-corrected chi connectivity index (χ3v) is 3.54. The number of nitrogens with one attached hydrogen (secondary N) is 1. The first-order valence-electron chi connectivity index (χ1n) is 6.59. The second-order valence-electron chi connectivity index (χ2n) is 4.83. The maximum Gasteiger partial charge on any atom is 0.305 e. The van der Waals surface area contributed by atoms with Crippen molar-refractivity contribution in [2.75, 3.05) is 0 Å². The standard InChI is InChI=1S/C15H15BrN2O4/c1-8-14(22-9(2)17-8)15(21)18-12(7-13(19)20)10-4-3-5-11(16)6-10/h3-6,12H,7H2,1-2H3,(H,18,21)(H,19,20). The van der Waals surface area contributed by atoms with Crippen molar-refractivity contribution in [3.05, 3.63) is 51.6 Å². The Balaban J connectivity index is 2.25. The van der Waals surface area contributed by atoms with Crippen LogP contribution < -0.4 is 5.32 Å². The number of carbonyl (C=O) groups excluding carboxylic acids is 1. The van der Waals surface area contributed by atoms with Gasteiger partial charge in [-0.3, -0.25) is 9.59 Å². The molecule has 1 amide bonds. The van der Waals surface area contributed by atoms with E-state index in [1.54, 1.807) is 32.0 Å². The Hall–Kier alpha value is -2.15. The third kappa shape index (κ3) is 3.94. The molecule has 116 valence electrons. The Morgan fingerprint density at radius 2 is 2.14 bits per heavy atom. The van der Waals surface area contributed by atoms with E-state index in [0.29, 0.717) is 17.1 Å². The molecule has 2 rings (SSSR count). The lowest BCUT2D eigenvalue weighted by molar-refractivity contribution is -0.137. The molecule has 0 aliphatic heterocycles. The summed E-state index contributed by atoms with van der Waals surface area (Å²) in [6, 6.07) is 6.48. The highest BCUT2D eigenvalue weighted by Gasteiger charge is 2.22. The first-order valence-corrected chi connectivity index (χ1v) is 7.38. The average molecular weight is 367 g/mol. The zero-order valence-corrected chi connectivity index (χ0v) is 13.7. The number of rotatable bonds is 5. The summed E-state index contributed by atoms with van der Waals surface area (Å²) in [5.41, 5.74) is 1.16. The number of carboxylic acids is 1. The van der Waals surface area contributed by atoms with Gasteiger partial charge in [-0.2, -0.15) is 0 Å². The molecular weight excluding hydrogens is 352 g/mol. The summed E-state index contributed by atoms with van der Waals surface area (Å²) in [6.45, 7) is 3.31. The molecule has 0 fully saturated rings. The van der Waals surface area contributed by atoms with Crippen LogP contribution in [0, 0.1) is 13.8 Å². The summed E-state index contributed by atoms with van der Waals surface area (Å²) in [6.07, 6.45) is -0.228. The highest BCUT2D eigenvalue weighted by atomic mass is 79.9. The van der Waals surface area contributed by atoms with E-state index in [-0.39, 0.29) is 12.2 Å². The van der Waals surface area contributed by atoms with Crippen LogP contribution in [0.1, 0.15) is 40.2 Å². The number of hydrogen-bond acceptors (Lipinski definition) is 4. The fourth-order valence-corrected chi connectivity index (χ4v) is 2.53. The quantitative estimate of drug-likeness (QED) is 0.848. The number of carbonyl (C=O) groups is 2. The maximum absolute atomic E-state index is 12.3. The molecular formula is C15H15BrN2O4. The van der Waals surface area contributed by atoms with Crippen LogP contribution in [0.2, 0.25) is 0 Å². The van der Waals surface area contributed by atoms with Crippen LogP contribution in [0.15, 0.2) is 33.2 Å². The lowest BCUT2D eigenvalue weighted by Crippen LogP contribution is -2.30. The van der Waals surface area contributed by atoms with E-state index in [4.69, 9.17) is 9.52 Å². The molecule has 1 heterocycles. The molecule has 0 aliphatic carbocycles. The molecule has 0 saturated carbocycles. The Morgan fingerprint density at radius 1 is 1.41 bits per heavy atom. The van der Waals surface area contributed by atoms with Gasteiger partial charge >= 0.3 is 5.97 Å². The van der Waals surface area contributed by atoms with Crippen molar-refractivity contribution < 1.29 is 19.1 Å². The number of benzene rings is 1. The SMILES string of the molecule is Cc1nc(C)c(C(=O)NC(CC(=O)O)c2cccc(Br)c2)o1. The predicted octanol–water partition coefficient (Wildman–Crippen LogP) is 3.00. The van der Waals surface area contributed by atoms with E-state index in [1.165, 1.54) is 0 Å². The number of oxazole rings is 1. The molecule has 0 saturated heterocycles. The molecule has 1 atom stereocenters. The zero-order chi connectivity index (χ0) is 16.3. The minimum absolute atomic E-state index is 0.0999. The van der Waals surface area contributed by atoms with Crippen LogP contribution in [-0.2, 0) is 4.79 Å². The summed E-state index contributed by atoms with van der Waals surface area (Å²) in [4.78, 5) is 27.4. The van der Waals surface area contributed by atoms with Crippen molar-refractivity contribution in [3.63, 3.8) is 0 Å². The van der Waals surface area contributed by atoms with Gasteiger partial charge in [-0.25, -0.2) is 4.98 Å². The van der Waals surface area contributed by atoms with Crippen LogP contribution in [0.4, 0.5) is 0 Å². The lowest BCUT2D eigenvalue weighted by atomic mass is 10.0. The van der Waals surface area contributed by atoms with E-state index in [9.17, 15) is 9.59 Å². The second-order valence-corrected chi connectivity index (χ2v) is 5.74. The third-order valence-electron chi connectivity index (χ3n) is 3.04. The normalized spacial score (nSPS) is 12.0. The minimum Gasteiger partial charge on any atom is -0.481 e. The number of aliphatic carboxylic acids is 1. The summed E-state index contributed by atoms with van der Waals surface area (Å²) < 4.78 is 6.07. The fourth-order valence-electron chi connectivity index (χ4n) is 2.12. The summed E-state index contributed by atoms with van der Waals surface area (Å²) in [5.74, 6) is -0.997. The Kier molecular flexibility index (Phi) is 4.97. The van der Waals surface area contributed by atoms with Crippen LogP contribution >= 0.6 is 15.9 Å². The lowest BCUT2D eigenvalue weighted by Gasteiger charge is -2.17. The van der Waals surface area contributed by atoms with Crippen molar-refractivity contribution in [2.45, 2.75) is 26.3 Å². The van der Waals surface area contributed by atoms with Crippen molar-refractivity contribution in [3.8, 4) is 0 Å². The van der Waals surface area contributed by atoms with Crippen LogP contribution in [0.5, 0.6) is 0 Å². The van der Waals surface area contributed by atoms with Crippen molar-refractivity contribution in [1.82, 2.24) is 10.3 Å². The van der Waals surface area contributed by atoms with Gasteiger partial charge in [0.2, 0.25) is 5.76 Å². The van der Waals surface area contributed by atoms with Gasteiger partial charge in [-0.15, -0.1) is 0 Å². The van der Waals surface area contributed by atoms with Crippen LogP contribution in [-0.4, -0.2) is 22.0 Å². The zero-order valence-electron chi connectivity index (χ0n) is 12.1. The summed E-state index contributed by atoms with van der Waals surface area (Å²) >= 11 is 3.33. The number of carboxylic acid groups (broad SMARTS) is 1. The van der Waals surface area contributed by atoms with Crippen molar-refractivity contribution in [2.24, 2.45) is 0 Å². The maximum atomic E-state index is 12.3. The molecule has 0 radical (unpaired) electrons. The molecule has 0 aliphatic rings. The van der Waals surface area contributed by atoms with Crippen molar-refractivity contribution >= 4 is 27.8 Å². The van der Waals surface area contributed by atoms with E-state index in [1.807, 2.05) is 6.07 Å². The number of aromatic nitrogens is 1. The topological polar surface area (TPSA) is 92.4 Å². The molecule has 2 N–H and O–H groups in total. The summed E-state index contributed by atoms with van der Waals surface area (Å²) in [7, 11) is 0. The van der Waals surface area contributed by atoms with Crippen molar-refractivity contribution in [1.29, 1.82) is 0 Å². The summed E-state index contributed by atoms with van der Waals surface area (Å²) in [5, 5.41) is 11.7. The van der Waals surface area contributed by atoms with E-state index < -0.39 is 17.9 Å². The van der Waals surface area contributed by atoms with E-state index in [0.717, 1.165) is 4.47 Å². The number of amides is 1. The Labute approximate surface area is 135 Å². The van der Waals surface area contributed by atoms with Gasteiger partial charge in [-0.1, -0.05) is 28.1 Å². The number of halogens is 1. The molecule has 1 aromatic carbocycles. The van der Waals surface area contributed by atoms with Gasteiger partial charge in [0.15, 0.2) is 5.89 Å². The van der Waals surface area contributed by atoms with Gasteiger partial charge in [-0.05, 0) is 24.6 Å². The minimum atomic E-state index is -1.00. The molecule has 2 aromatic rings. The van der Waals surface area contributed by atoms with Gasteiger partial charge in [0.1, 0.15) is 0 Å².